The number of rotatable bonds is 6. The van der Waals surface area contributed by atoms with Gasteiger partial charge in [0.15, 0.2) is 0 Å². The van der Waals surface area contributed by atoms with Crippen molar-refractivity contribution in [2.24, 2.45) is 0 Å². The van der Waals surface area contributed by atoms with Crippen molar-refractivity contribution in [1.82, 2.24) is 0 Å². The molecular weight excluding hydrogens is 759 g/mol. The molecule has 2 aliphatic rings. The SMILES string of the molecule is [2H]c1cc2c(c([2H])c1[2H])-c1c([2H])c([2H])c(-c3c([2H])c([2H])c([2H])c(N(c4c([2H])c([2H])c(-c5c([2H])c([2H])c6c([2H])c([2H])c([2H])c([2H])c6c5-c5c([2H])c([2H])c6c([2H])c([2H])c([2H])c([2H])c6c5[2H])c([2H])c4[2H])c4c([2H])c([2H])c5c(c4[2H])C(C([2H])([2H])[2H])(C([2H])([2H])[2H])c4c([2H])c([2H])c([2H])c([2H])c4-5)c3[2H])c([2H])c1C2(C([2H])([2H])[2H])C([2H])([2H])[2H]. The van der Waals surface area contributed by atoms with Gasteiger partial charge >= 0.3 is 0 Å². The Balaban J connectivity index is 1.32. The van der Waals surface area contributed by atoms with Gasteiger partial charge in [-0.15, -0.1) is 0 Å². The zero-order valence-corrected chi connectivity index (χ0v) is 31.5. The van der Waals surface area contributed by atoms with Crippen LogP contribution in [0.1, 0.15) is 113 Å². The van der Waals surface area contributed by atoms with E-state index in [-0.39, 0.29) is 4.90 Å². The van der Waals surface area contributed by atoms with E-state index in [4.69, 9.17) is 35.6 Å². The van der Waals surface area contributed by atoms with Gasteiger partial charge in [-0.3, -0.25) is 0 Å². The summed E-state index contributed by atoms with van der Waals surface area (Å²) in [6, 6.07) is -44.3. The average molecular weight is 852 g/mol. The third-order valence-corrected chi connectivity index (χ3v) is 10.5. The highest BCUT2D eigenvalue weighted by atomic mass is 15.1. The summed E-state index contributed by atoms with van der Waals surface area (Å²) in [6.07, 6.45) is 0. The molecule has 0 aromatic heterocycles. The number of anilines is 3. The summed E-state index contributed by atoms with van der Waals surface area (Å²) in [4.78, 5) is -0.0475. The maximum atomic E-state index is 10.3. The second-order valence-corrected chi connectivity index (χ2v) is 14.1. The van der Waals surface area contributed by atoms with Crippen LogP contribution in [-0.2, 0) is 10.8 Å². The summed E-state index contributed by atoms with van der Waals surface area (Å²) in [5.74, 6) is 0. The van der Waals surface area contributed by atoms with Crippen molar-refractivity contribution in [2.45, 2.75) is 38.2 Å². The molecule has 0 atom stereocenters. The van der Waals surface area contributed by atoms with Gasteiger partial charge in [-0.05, 0) is 148 Å². The minimum atomic E-state index is -4.22. The summed E-state index contributed by atoms with van der Waals surface area (Å²) in [5.41, 5.74) is -29.3. The molecule has 0 radical (unpaired) electrons. The van der Waals surface area contributed by atoms with Crippen LogP contribution < -0.4 is 4.90 Å². The van der Waals surface area contributed by atoms with Crippen molar-refractivity contribution < 1.29 is 63.1 Å². The van der Waals surface area contributed by atoms with Gasteiger partial charge in [0.1, 0.15) is 0 Å². The summed E-state index contributed by atoms with van der Waals surface area (Å²) in [7, 11) is 0. The largest absolute Gasteiger partial charge is 0.310 e. The van der Waals surface area contributed by atoms with Gasteiger partial charge in [0, 0.05) is 44.3 Å². The first-order valence-corrected chi connectivity index (χ1v) is 18.5. The number of nitrogens with zero attached hydrogens (tertiary/aromatic N) is 1. The predicted octanol–water partition coefficient (Wildman–Crippen LogP) is 17.1. The monoisotopic (exact) mass is 852 g/mol. The van der Waals surface area contributed by atoms with Gasteiger partial charge in [-0.1, -0.05) is 191 Å². The van der Waals surface area contributed by atoms with E-state index in [1.807, 2.05) is 0 Å². The van der Waals surface area contributed by atoms with E-state index in [0.717, 1.165) is 0 Å². The summed E-state index contributed by atoms with van der Waals surface area (Å²) in [5, 5.41) is -3.48. The van der Waals surface area contributed by atoms with Crippen molar-refractivity contribution in [2.75, 3.05) is 4.90 Å². The molecule has 1 heteroatoms. The first-order valence-electron chi connectivity index (χ1n) is 41.5. The third-order valence-electron chi connectivity index (χ3n) is 10.5. The first-order chi connectivity index (χ1) is 49.9. The van der Waals surface area contributed by atoms with E-state index in [9.17, 15) is 27.4 Å². The van der Waals surface area contributed by atoms with Crippen LogP contribution in [0.2, 0.25) is 0 Å². The van der Waals surface area contributed by atoms with E-state index in [2.05, 4.69) is 0 Å². The Kier molecular flexibility index (Phi) is 2.90. The quantitative estimate of drug-likeness (QED) is 0.161. The highest BCUT2D eigenvalue weighted by molar-refractivity contribution is 6.06. The van der Waals surface area contributed by atoms with Gasteiger partial charge < -0.3 is 4.90 Å². The molecule has 300 valence electrons. The van der Waals surface area contributed by atoms with E-state index >= 15 is 0 Å². The highest BCUT2D eigenvalue weighted by Gasteiger charge is 2.37. The van der Waals surface area contributed by atoms with Crippen molar-refractivity contribution >= 4 is 38.6 Å². The number of benzene rings is 10. The first kappa shape index (κ1) is 13.0. The number of fused-ring (bicyclic) bond motifs is 8. The minimum Gasteiger partial charge on any atom is -0.310 e. The lowest BCUT2D eigenvalue weighted by atomic mass is 9.81. The Labute approximate surface area is 435 Å². The van der Waals surface area contributed by atoms with Crippen LogP contribution >= 0.6 is 0 Å². The fourth-order valence-corrected chi connectivity index (χ4v) is 7.56. The van der Waals surface area contributed by atoms with Crippen LogP contribution in [0.4, 0.5) is 17.1 Å². The second kappa shape index (κ2) is 14.0. The lowest BCUT2D eigenvalue weighted by Crippen LogP contribution is -2.16. The molecule has 2 aliphatic carbocycles. The molecule has 0 saturated heterocycles. The van der Waals surface area contributed by atoms with E-state index in [1.54, 1.807) is 0 Å². The molecule has 12 rings (SSSR count). The molecule has 63 heavy (non-hydrogen) atoms. The van der Waals surface area contributed by atoms with E-state index < -0.39 is 360 Å². The van der Waals surface area contributed by atoms with Gasteiger partial charge in [0.2, 0.25) is 0 Å². The standard InChI is InChI=1S/C62H47N/c1-61(2)56-22-11-9-20-52(56)54-34-29-45(38-58(54)61)44-17-13-18-48(37-44)63(49-32-35-55-53-21-10-12-23-57(53)62(3,4)59(55)39-49)47-30-26-42(27-31-47)51-33-28-41-15-7-8-19-50(41)60(51)46-25-24-40-14-5-6-16-43(40)36-46/h5-39H,1-4H3/i1D3,2D3,3D3,4D3,5D,6D,7D,8D,9D,10D,11D,12D,13D,14D,15D,16D,17D,18D,19D,20D,21D,23D,24D,25D,26D,27D,28D,29D,30D,31D,32D,33D,34D,35D,36D,37D,38D,39D. The van der Waals surface area contributed by atoms with Crippen LogP contribution in [-0.4, -0.2) is 0 Å². The van der Waals surface area contributed by atoms with Crippen LogP contribution in [0.3, 0.4) is 0 Å². The molecule has 10 aromatic carbocycles. The fourth-order valence-electron chi connectivity index (χ4n) is 7.56. The molecule has 0 N–H and O–H groups in total. The Morgan fingerprint density at radius 3 is 1.76 bits per heavy atom. The van der Waals surface area contributed by atoms with Gasteiger partial charge in [-0.2, -0.15) is 0 Å². The molecule has 0 bridgehead atoms. The zero-order chi connectivity index (χ0) is 82.0. The Bertz CT molecular complexity index is 5860. The van der Waals surface area contributed by atoms with E-state index in [1.165, 1.54) is 0 Å². The van der Waals surface area contributed by atoms with Crippen LogP contribution in [0, 0.1) is 0 Å². The maximum absolute atomic E-state index is 10.3. The molecular formula is C62H47N. The van der Waals surface area contributed by atoms with E-state index in [0.29, 0.717) is 6.07 Å². The third kappa shape index (κ3) is 5.84. The Morgan fingerprint density at radius 2 is 0.921 bits per heavy atom. The molecule has 0 unspecified atom stereocenters. The lowest BCUT2D eigenvalue weighted by Gasteiger charge is -2.29. The van der Waals surface area contributed by atoms with Gasteiger partial charge in [0.25, 0.3) is 0 Å². The molecule has 0 heterocycles. The molecule has 0 amide bonds. The smallest absolute Gasteiger partial charge is 0.0651 e. The number of hydrogen-bond acceptors (Lipinski definition) is 1. The molecule has 0 aliphatic heterocycles. The Morgan fingerprint density at radius 1 is 0.349 bits per heavy atom. The highest BCUT2D eigenvalue weighted by Crippen LogP contribution is 2.52. The van der Waals surface area contributed by atoms with Gasteiger partial charge in [-0.25, -0.2) is 0 Å². The van der Waals surface area contributed by atoms with Crippen molar-refractivity contribution in [3.05, 3.63) is 234 Å². The summed E-state index contributed by atoms with van der Waals surface area (Å²) < 4.78 is 427. The van der Waals surface area contributed by atoms with Crippen molar-refractivity contribution in [1.29, 1.82) is 0 Å². The lowest BCUT2D eigenvalue weighted by molar-refractivity contribution is 0.660. The number of hydrogen-bond donors (Lipinski definition) is 0. The summed E-state index contributed by atoms with van der Waals surface area (Å²) in [6.45, 7) is -16.4. The molecule has 1 nitrogen and oxygen atoms in total. The van der Waals surface area contributed by atoms with Gasteiger partial charge in [0.05, 0.1) is 46.6 Å². The second-order valence-electron chi connectivity index (χ2n) is 14.1. The topological polar surface area (TPSA) is 3.24 Å². The molecule has 0 spiro atoms. The fraction of sp³-hybridized carbons (Fsp3) is 0.0968. The van der Waals surface area contributed by atoms with Crippen molar-refractivity contribution in [3.63, 3.8) is 0 Å². The minimum absolute atomic E-state index is 0.0475. The van der Waals surface area contributed by atoms with Crippen LogP contribution in [0.15, 0.2) is 212 Å². The predicted molar refractivity (Wildman–Crippen MR) is 268 cm³/mol. The van der Waals surface area contributed by atoms with Crippen molar-refractivity contribution in [3.8, 4) is 55.6 Å². The molecule has 0 fully saturated rings. The average Bonchev–Trinajstić information content (AvgIpc) is 1.51. The molecule has 10 aromatic rings. The zero-order valence-electron chi connectivity index (χ0n) is 77.5. The van der Waals surface area contributed by atoms with Crippen LogP contribution in [0.5, 0.6) is 0 Å². The van der Waals surface area contributed by atoms with Crippen LogP contribution in [0.25, 0.3) is 77.2 Å². The molecule has 0 saturated carbocycles. The Hall–Kier alpha value is -7.48. The normalized spacial score (nSPS) is 25.1. The maximum Gasteiger partial charge on any atom is 0.0651 e. The summed E-state index contributed by atoms with van der Waals surface area (Å²) >= 11 is 0.